The Labute approximate surface area is 118 Å². The van der Waals surface area contributed by atoms with Crippen molar-refractivity contribution in [1.29, 1.82) is 0 Å². The van der Waals surface area contributed by atoms with Gasteiger partial charge in [0.2, 0.25) is 0 Å². The van der Waals surface area contributed by atoms with Crippen molar-refractivity contribution in [2.24, 2.45) is 0 Å². The van der Waals surface area contributed by atoms with Crippen molar-refractivity contribution in [2.45, 2.75) is 13.2 Å². The minimum Gasteiger partial charge on any atom is -0.493 e. The lowest BCUT2D eigenvalue weighted by Crippen LogP contribution is -2.38. The second kappa shape index (κ2) is 6.09. The molecule has 1 aliphatic rings. The van der Waals surface area contributed by atoms with Gasteiger partial charge in [-0.2, -0.15) is 0 Å². The summed E-state index contributed by atoms with van der Waals surface area (Å²) in [7, 11) is 3.96. The number of nitrogens with zero attached hydrogens (tertiary/aromatic N) is 2. The average molecular weight is 276 g/mol. The Kier molecular flexibility index (Phi) is 4.45. The second-order valence-corrected chi connectivity index (χ2v) is 4.97. The quantitative estimate of drug-likeness (QED) is 0.750. The van der Waals surface area contributed by atoms with Crippen molar-refractivity contribution in [3.8, 4) is 0 Å². The van der Waals surface area contributed by atoms with E-state index in [0.717, 1.165) is 12.2 Å². The monoisotopic (exact) mass is 276 g/mol. The SMILES string of the molecule is CCOC1=c2c(cccc2=C=O)N(CCN(C)C)C1O. The van der Waals surface area contributed by atoms with Crippen molar-refractivity contribution < 1.29 is 14.6 Å². The summed E-state index contributed by atoms with van der Waals surface area (Å²) in [5.41, 5.74) is 0.823. The Morgan fingerprint density at radius 2 is 2.20 bits per heavy atom. The van der Waals surface area contributed by atoms with Gasteiger partial charge in [-0.05, 0) is 33.2 Å². The third-order valence-electron chi connectivity index (χ3n) is 3.33. The normalized spacial score (nSPS) is 17.4. The van der Waals surface area contributed by atoms with E-state index in [2.05, 4.69) is 0 Å². The van der Waals surface area contributed by atoms with Gasteiger partial charge in [-0.3, -0.25) is 0 Å². The Morgan fingerprint density at radius 1 is 1.45 bits per heavy atom. The van der Waals surface area contributed by atoms with Crippen LogP contribution in [-0.2, 0) is 9.53 Å². The van der Waals surface area contributed by atoms with E-state index in [1.54, 1.807) is 12.1 Å². The lowest BCUT2D eigenvalue weighted by molar-refractivity contribution is 0.161. The van der Waals surface area contributed by atoms with E-state index in [0.29, 0.717) is 29.3 Å². The molecule has 0 spiro atoms. The molecular formula is C15H20N2O3. The maximum Gasteiger partial charge on any atom is 0.186 e. The highest BCUT2D eigenvalue weighted by atomic mass is 16.5. The van der Waals surface area contributed by atoms with Crippen molar-refractivity contribution >= 4 is 17.4 Å². The zero-order valence-electron chi connectivity index (χ0n) is 12.1. The van der Waals surface area contributed by atoms with Crippen molar-refractivity contribution in [3.05, 3.63) is 28.6 Å². The highest BCUT2D eigenvalue weighted by Gasteiger charge is 2.31. The molecule has 0 amide bonds. The number of aliphatic hydroxyl groups excluding tert-OH is 1. The fourth-order valence-electron chi connectivity index (χ4n) is 2.38. The Balaban J connectivity index is 2.52. The fourth-order valence-corrected chi connectivity index (χ4v) is 2.38. The first-order chi connectivity index (χ1) is 9.60. The summed E-state index contributed by atoms with van der Waals surface area (Å²) in [6.07, 6.45) is -0.848. The molecule has 1 atom stereocenters. The molecule has 0 aliphatic carbocycles. The van der Waals surface area contributed by atoms with E-state index >= 15 is 0 Å². The third-order valence-corrected chi connectivity index (χ3v) is 3.33. The smallest absolute Gasteiger partial charge is 0.186 e. The Bertz CT molecular complexity index is 620. The van der Waals surface area contributed by atoms with Gasteiger partial charge < -0.3 is 19.6 Å². The van der Waals surface area contributed by atoms with E-state index in [4.69, 9.17) is 4.74 Å². The number of rotatable bonds is 5. The molecule has 2 rings (SSSR count). The summed E-state index contributed by atoms with van der Waals surface area (Å²) in [5.74, 6) is 2.37. The molecule has 20 heavy (non-hydrogen) atoms. The van der Waals surface area contributed by atoms with E-state index in [9.17, 15) is 9.90 Å². The second-order valence-electron chi connectivity index (χ2n) is 4.97. The topological polar surface area (TPSA) is 53.0 Å². The summed E-state index contributed by atoms with van der Waals surface area (Å²) < 4.78 is 5.55. The minimum atomic E-state index is -0.848. The van der Waals surface area contributed by atoms with Gasteiger partial charge in [0.1, 0.15) is 5.94 Å². The van der Waals surface area contributed by atoms with Crippen LogP contribution in [0.3, 0.4) is 0 Å². The first-order valence-corrected chi connectivity index (χ1v) is 6.70. The molecule has 1 aromatic rings. The first kappa shape index (κ1) is 14.6. The Morgan fingerprint density at radius 3 is 2.80 bits per heavy atom. The molecule has 108 valence electrons. The van der Waals surface area contributed by atoms with Crippen molar-refractivity contribution in [2.75, 3.05) is 38.7 Å². The molecule has 1 aliphatic heterocycles. The number of benzene rings is 1. The van der Waals surface area contributed by atoms with Crippen molar-refractivity contribution in [3.63, 3.8) is 0 Å². The van der Waals surface area contributed by atoms with Crippen LogP contribution in [0.5, 0.6) is 0 Å². The van der Waals surface area contributed by atoms with E-state index in [1.165, 1.54) is 0 Å². The standard InChI is InChI=1S/C15H20N2O3/c1-4-20-14-13-11(10-18)6-5-7-12(13)17(15(14)19)9-8-16(2)3/h5-7,15,19H,4,8-9H2,1-3H3. The van der Waals surface area contributed by atoms with Crippen LogP contribution in [-0.4, -0.2) is 56.0 Å². The molecule has 1 aromatic carbocycles. The van der Waals surface area contributed by atoms with Crippen LogP contribution in [0.2, 0.25) is 0 Å². The molecule has 5 nitrogen and oxygen atoms in total. The number of carbonyl (C=O) groups excluding carboxylic acids is 1. The Hall–Kier alpha value is -1.81. The zero-order valence-corrected chi connectivity index (χ0v) is 12.1. The van der Waals surface area contributed by atoms with Crippen LogP contribution in [0.4, 0.5) is 5.69 Å². The molecule has 1 unspecified atom stereocenters. The fraction of sp³-hybridized carbons (Fsp3) is 0.467. The lowest BCUT2D eigenvalue weighted by Gasteiger charge is -2.26. The third kappa shape index (κ3) is 2.56. The maximum absolute atomic E-state index is 11.1. The van der Waals surface area contributed by atoms with Gasteiger partial charge in [0.25, 0.3) is 0 Å². The molecule has 0 bridgehead atoms. The summed E-state index contributed by atoms with van der Waals surface area (Å²) in [6, 6.07) is 5.37. The molecule has 1 heterocycles. The molecular weight excluding hydrogens is 256 g/mol. The minimum absolute atomic E-state index is 0.428. The number of aliphatic hydroxyl groups is 1. The zero-order chi connectivity index (χ0) is 14.7. The maximum atomic E-state index is 11.1. The van der Waals surface area contributed by atoms with E-state index < -0.39 is 6.23 Å². The average Bonchev–Trinajstić information content (AvgIpc) is 2.70. The van der Waals surface area contributed by atoms with Crippen LogP contribution in [0, 0.1) is 0 Å². The van der Waals surface area contributed by atoms with Gasteiger partial charge in [0.15, 0.2) is 12.0 Å². The molecule has 0 radical (unpaired) electrons. The summed E-state index contributed by atoms with van der Waals surface area (Å²) in [6.45, 7) is 3.75. The van der Waals surface area contributed by atoms with Gasteiger partial charge in [0.05, 0.1) is 22.7 Å². The number of fused-ring (bicyclic) bond motifs is 1. The van der Waals surface area contributed by atoms with E-state index in [1.807, 2.05) is 42.8 Å². The summed E-state index contributed by atoms with van der Waals surface area (Å²) >= 11 is 0. The number of hydrogen-bond acceptors (Lipinski definition) is 5. The van der Waals surface area contributed by atoms with Crippen molar-refractivity contribution in [1.82, 2.24) is 4.90 Å². The lowest BCUT2D eigenvalue weighted by atomic mass is 10.2. The predicted octanol–water partition coefficient (Wildman–Crippen LogP) is -0.965. The van der Waals surface area contributed by atoms with E-state index in [-0.39, 0.29) is 0 Å². The molecule has 1 N–H and O–H groups in total. The molecule has 0 saturated heterocycles. The predicted molar refractivity (Wildman–Crippen MR) is 77.4 cm³/mol. The van der Waals surface area contributed by atoms with Gasteiger partial charge in [-0.25, -0.2) is 4.79 Å². The highest BCUT2D eigenvalue weighted by Crippen LogP contribution is 2.22. The molecule has 0 saturated carbocycles. The molecule has 5 heteroatoms. The van der Waals surface area contributed by atoms with Gasteiger partial charge >= 0.3 is 0 Å². The highest BCUT2D eigenvalue weighted by molar-refractivity contribution is 5.69. The van der Waals surface area contributed by atoms with Crippen LogP contribution in [0.15, 0.2) is 18.2 Å². The summed E-state index contributed by atoms with van der Waals surface area (Å²) in [4.78, 5) is 15.0. The van der Waals surface area contributed by atoms with Gasteiger partial charge in [-0.1, -0.05) is 6.07 Å². The molecule has 0 fully saturated rings. The van der Waals surface area contributed by atoms with Gasteiger partial charge in [-0.15, -0.1) is 0 Å². The largest absolute Gasteiger partial charge is 0.493 e. The first-order valence-electron chi connectivity index (χ1n) is 6.70. The van der Waals surface area contributed by atoms with Crippen LogP contribution < -0.4 is 15.3 Å². The van der Waals surface area contributed by atoms with Crippen LogP contribution >= 0.6 is 0 Å². The van der Waals surface area contributed by atoms with Crippen LogP contribution in [0.1, 0.15) is 6.92 Å². The molecule has 0 aromatic heterocycles. The number of ether oxygens (including phenoxy) is 1. The number of hydrogen-bond donors (Lipinski definition) is 1. The van der Waals surface area contributed by atoms with Gasteiger partial charge in [0, 0.05) is 13.1 Å². The van der Waals surface area contributed by atoms with Crippen LogP contribution in [0.25, 0.3) is 5.76 Å². The number of anilines is 1. The number of likely N-dealkylation sites (N-methyl/N-ethyl adjacent to an activating group) is 1. The summed E-state index contributed by atoms with van der Waals surface area (Å²) in [5, 5.41) is 11.5.